The average molecular weight is 344 g/mol. The van der Waals surface area contributed by atoms with Crippen LogP contribution in [0.5, 0.6) is 0 Å². The summed E-state index contributed by atoms with van der Waals surface area (Å²) in [5, 5.41) is 6.30. The van der Waals surface area contributed by atoms with Gasteiger partial charge in [-0.2, -0.15) is 0 Å². The fourth-order valence-electron chi connectivity index (χ4n) is 2.22. The third-order valence-electron chi connectivity index (χ3n) is 3.77. The summed E-state index contributed by atoms with van der Waals surface area (Å²) in [7, 11) is -0.954. The minimum absolute atomic E-state index is 0.0116. The van der Waals surface area contributed by atoms with Gasteiger partial charge in [-0.15, -0.1) is 0 Å². The molecule has 0 bridgehead atoms. The van der Waals surface area contributed by atoms with Crippen molar-refractivity contribution in [1.82, 2.24) is 0 Å². The first-order valence-corrected chi connectivity index (χ1v) is 9.53. The molecule has 0 aliphatic rings. The lowest BCUT2D eigenvalue weighted by molar-refractivity contribution is -0.118. The number of amides is 1. The third kappa shape index (κ3) is 4.93. The van der Waals surface area contributed by atoms with Gasteiger partial charge in [0, 0.05) is 45.3 Å². The normalized spacial score (nSPS) is 13.4. The number of rotatable bonds is 6. The Morgan fingerprint density at radius 3 is 1.96 bits per heavy atom. The Hall–Kier alpha value is -2.14. The Kier molecular flexibility index (Phi) is 6.15. The summed E-state index contributed by atoms with van der Waals surface area (Å²) in [5.41, 5.74) is 2.90. The van der Waals surface area contributed by atoms with Crippen molar-refractivity contribution in [2.24, 2.45) is 5.92 Å². The highest BCUT2D eigenvalue weighted by Gasteiger charge is 2.08. The van der Waals surface area contributed by atoms with Crippen LogP contribution in [0.4, 0.5) is 11.4 Å². The van der Waals surface area contributed by atoms with Crippen molar-refractivity contribution < 1.29 is 9.00 Å². The van der Waals surface area contributed by atoms with E-state index in [9.17, 15) is 9.00 Å². The van der Waals surface area contributed by atoms with Crippen LogP contribution in [0.2, 0.25) is 0 Å². The molecular weight excluding hydrogens is 320 g/mol. The number of benzene rings is 2. The number of hydrogen-bond donors (Lipinski definition) is 2. The molecule has 0 aliphatic carbocycles. The Bertz CT molecular complexity index is 709. The Balaban J connectivity index is 2.00. The zero-order chi connectivity index (χ0) is 17.7. The molecule has 0 saturated carbocycles. The molecule has 2 rings (SSSR count). The lowest BCUT2D eigenvalue weighted by atomic mass is 10.1. The van der Waals surface area contributed by atoms with Crippen molar-refractivity contribution >= 4 is 28.1 Å². The van der Waals surface area contributed by atoms with Gasteiger partial charge in [0.2, 0.25) is 5.91 Å². The lowest BCUT2D eigenvalue weighted by Crippen LogP contribution is -2.17. The fourth-order valence-corrected chi connectivity index (χ4v) is 2.74. The largest absolute Gasteiger partial charge is 0.379 e. The second kappa shape index (κ2) is 8.11. The molecule has 0 radical (unpaired) electrons. The lowest BCUT2D eigenvalue weighted by Gasteiger charge is -2.16. The number of hydrogen-bond acceptors (Lipinski definition) is 3. The van der Waals surface area contributed by atoms with Gasteiger partial charge in [0.1, 0.15) is 0 Å². The van der Waals surface area contributed by atoms with Crippen LogP contribution in [0.3, 0.4) is 0 Å². The monoisotopic (exact) mass is 344 g/mol. The highest BCUT2D eigenvalue weighted by molar-refractivity contribution is 7.84. The van der Waals surface area contributed by atoms with Gasteiger partial charge < -0.3 is 10.6 Å². The number of nitrogens with one attached hydrogen (secondary N) is 2. The molecule has 0 heterocycles. The van der Waals surface area contributed by atoms with E-state index in [1.807, 2.05) is 62.4 Å². The maximum absolute atomic E-state index is 11.7. The van der Waals surface area contributed by atoms with Crippen LogP contribution in [-0.4, -0.2) is 16.4 Å². The van der Waals surface area contributed by atoms with Gasteiger partial charge >= 0.3 is 0 Å². The van der Waals surface area contributed by atoms with Gasteiger partial charge in [0.05, 0.1) is 0 Å². The molecule has 0 saturated heterocycles. The van der Waals surface area contributed by atoms with E-state index in [4.69, 9.17) is 0 Å². The molecule has 2 unspecified atom stereocenters. The first-order valence-electron chi connectivity index (χ1n) is 7.97. The maximum atomic E-state index is 11.7. The van der Waals surface area contributed by atoms with Crippen LogP contribution in [0, 0.1) is 5.92 Å². The molecule has 2 aromatic rings. The van der Waals surface area contributed by atoms with E-state index in [2.05, 4.69) is 17.6 Å². The van der Waals surface area contributed by atoms with E-state index in [0.717, 1.165) is 21.8 Å². The van der Waals surface area contributed by atoms with E-state index in [0.29, 0.717) is 0 Å². The van der Waals surface area contributed by atoms with E-state index < -0.39 is 10.8 Å². The summed E-state index contributed by atoms with van der Waals surface area (Å²) in [6.07, 6.45) is 1.68. The Morgan fingerprint density at radius 2 is 1.46 bits per heavy atom. The summed E-state index contributed by atoms with van der Waals surface area (Å²) in [6.45, 7) is 5.81. The molecule has 5 heteroatoms. The van der Waals surface area contributed by atoms with E-state index >= 15 is 0 Å². The van der Waals surface area contributed by atoms with Gasteiger partial charge in [-0.3, -0.25) is 9.00 Å². The molecule has 2 atom stereocenters. The quantitative estimate of drug-likeness (QED) is 0.826. The zero-order valence-electron chi connectivity index (χ0n) is 14.5. The third-order valence-corrected chi connectivity index (χ3v) is 4.71. The standard InChI is InChI=1S/C19H24N2O2S/c1-13(2)19(22)21-17-9-7-16(8-10-17)20-14(3)15-5-11-18(12-6-15)24(4)23/h5-14,20H,1-4H3,(H,21,22). The van der Waals surface area contributed by atoms with Crippen molar-refractivity contribution in [3.8, 4) is 0 Å². The Labute approximate surface area is 146 Å². The van der Waals surface area contributed by atoms with Crippen molar-refractivity contribution in [1.29, 1.82) is 0 Å². The van der Waals surface area contributed by atoms with Crippen LogP contribution in [0.25, 0.3) is 0 Å². The smallest absolute Gasteiger partial charge is 0.226 e. The van der Waals surface area contributed by atoms with Gasteiger partial charge in [0.25, 0.3) is 0 Å². The molecule has 1 amide bonds. The SMILES string of the molecule is CC(C)C(=O)Nc1ccc(NC(C)c2ccc(S(C)=O)cc2)cc1. The number of carbonyl (C=O) groups excluding carboxylic acids is 1. The molecular formula is C19H24N2O2S. The molecule has 0 fully saturated rings. The van der Waals surface area contributed by atoms with Crippen LogP contribution in [0.15, 0.2) is 53.4 Å². The van der Waals surface area contributed by atoms with Crippen molar-refractivity contribution in [3.05, 3.63) is 54.1 Å². The molecule has 24 heavy (non-hydrogen) atoms. The minimum Gasteiger partial charge on any atom is -0.379 e. The second-order valence-electron chi connectivity index (χ2n) is 6.11. The second-order valence-corrected chi connectivity index (χ2v) is 7.49. The fraction of sp³-hybridized carbons (Fsp3) is 0.316. The molecule has 0 aliphatic heterocycles. The average Bonchev–Trinajstić information content (AvgIpc) is 2.56. The highest BCUT2D eigenvalue weighted by atomic mass is 32.2. The molecule has 4 nitrogen and oxygen atoms in total. The molecule has 128 valence electrons. The minimum atomic E-state index is -0.954. The molecule has 2 aromatic carbocycles. The summed E-state index contributed by atoms with van der Waals surface area (Å²) in [6, 6.07) is 15.6. The predicted molar refractivity (Wildman–Crippen MR) is 101 cm³/mol. The van der Waals surface area contributed by atoms with Crippen LogP contribution in [-0.2, 0) is 15.6 Å². The Morgan fingerprint density at radius 1 is 0.917 bits per heavy atom. The van der Waals surface area contributed by atoms with Gasteiger partial charge in [-0.05, 0) is 48.9 Å². The highest BCUT2D eigenvalue weighted by Crippen LogP contribution is 2.22. The van der Waals surface area contributed by atoms with E-state index in [1.54, 1.807) is 6.26 Å². The van der Waals surface area contributed by atoms with Gasteiger partial charge in [-0.1, -0.05) is 26.0 Å². The summed E-state index contributed by atoms with van der Waals surface area (Å²) in [5.74, 6) is -0.0271. The summed E-state index contributed by atoms with van der Waals surface area (Å²) in [4.78, 5) is 12.5. The molecule has 0 spiro atoms. The van der Waals surface area contributed by atoms with Gasteiger partial charge in [0.15, 0.2) is 0 Å². The van der Waals surface area contributed by atoms with Crippen LogP contribution < -0.4 is 10.6 Å². The zero-order valence-corrected chi connectivity index (χ0v) is 15.3. The molecule has 2 N–H and O–H groups in total. The first-order chi connectivity index (χ1) is 11.4. The van der Waals surface area contributed by atoms with Crippen molar-refractivity contribution in [3.63, 3.8) is 0 Å². The van der Waals surface area contributed by atoms with E-state index in [1.165, 1.54) is 0 Å². The number of anilines is 2. The van der Waals surface area contributed by atoms with Crippen molar-refractivity contribution in [2.75, 3.05) is 16.9 Å². The summed E-state index contributed by atoms with van der Waals surface area (Å²) < 4.78 is 11.4. The van der Waals surface area contributed by atoms with Crippen LogP contribution >= 0.6 is 0 Å². The molecule has 0 aromatic heterocycles. The topological polar surface area (TPSA) is 58.2 Å². The van der Waals surface area contributed by atoms with Crippen LogP contribution in [0.1, 0.15) is 32.4 Å². The predicted octanol–water partition coefficient (Wildman–Crippen LogP) is 4.19. The van der Waals surface area contributed by atoms with Crippen molar-refractivity contribution in [2.45, 2.75) is 31.7 Å². The first kappa shape index (κ1) is 18.2. The number of carbonyl (C=O) groups is 1. The maximum Gasteiger partial charge on any atom is 0.226 e. The van der Waals surface area contributed by atoms with E-state index in [-0.39, 0.29) is 17.9 Å². The van der Waals surface area contributed by atoms with Gasteiger partial charge in [-0.25, -0.2) is 0 Å². The summed E-state index contributed by atoms with van der Waals surface area (Å²) >= 11 is 0.